The molecule has 0 bridgehead atoms. The minimum atomic E-state index is -0.738. The standard InChI is InChI=1S/C14H11BrF2N2O2/c15-10-6-9(18)2-4-12(10)19-14(20)7-21-13-5-8(16)1-3-11(13)17/h1-6H,7,18H2,(H,19,20). The number of carbonyl (C=O) groups excluding carboxylic acids is 1. The molecule has 0 unspecified atom stereocenters. The molecule has 0 saturated heterocycles. The summed E-state index contributed by atoms with van der Waals surface area (Å²) in [7, 11) is 0. The largest absolute Gasteiger partial charge is 0.481 e. The van der Waals surface area contributed by atoms with Crippen LogP contribution in [-0.2, 0) is 4.79 Å². The lowest BCUT2D eigenvalue weighted by Gasteiger charge is -2.10. The molecule has 7 heteroatoms. The highest BCUT2D eigenvalue weighted by atomic mass is 79.9. The van der Waals surface area contributed by atoms with Crippen molar-refractivity contribution in [2.45, 2.75) is 0 Å². The maximum atomic E-state index is 13.3. The Labute approximate surface area is 128 Å². The van der Waals surface area contributed by atoms with Crippen molar-refractivity contribution < 1.29 is 18.3 Å². The average Bonchev–Trinajstić information content (AvgIpc) is 2.43. The van der Waals surface area contributed by atoms with E-state index in [2.05, 4.69) is 21.2 Å². The zero-order valence-electron chi connectivity index (χ0n) is 10.7. The molecule has 2 rings (SSSR count). The predicted octanol–water partition coefficient (Wildman–Crippen LogP) is 3.33. The van der Waals surface area contributed by atoms with E-state index in [1.165, 1.54) is 0 Å². The van der Waals surface area contributed by atoms with Crippen LogP contribution in [0.4, 0.5) is 20.2 Å². The summed E-state index contributed by atoms with van der Waals surface area (Å²) in [5.41, 5.74) is 6.62. The molecule has 4 nitrogen and oxygen atoms in total. The first kappa shape index (κ1) is 15.2. The molecule has 0 aliphatic heterocycles. The molecule has 0 aliphatic carbocycles. The van der Waals surface area contributed by atoms with Crippen molar-refractivity contribution in [3.8, 4) is 5.75 Å². The lowest BCUT2D eigenvalue weighted by molar-refractivity contribution is -0.118. The number of anilines is 2. The molecule has 0 saturated carbocycles. The maximum absolute atomic E-state index is 13.3. The van der Waals surface area contributed by atoms with Crippen molar-refractivity contribution in [3.63, 3.8) is 0 Å². The molecule has 0 atom stereocenters. The van der Waals surface area contributed by atoms with Crippen molar-refractivity contribution in [1.82, 2.24) is 0 Å². The van der Waals surface area contributed by atoms with Crippen molar-refractivity contribution in [2.75, 3.05) is 17.7 Å². The van der Waals surface area contributed by atoms with E-state index in [1.807, 2.05) is 0 Å². The minimum absolute atomic E-state index is 0.318. The van der Waals surface area contributed by atoms with Crippen LogP contribution in [0.25, 0.3) is 0 Å². The third kappa shape index (κ3) is 4.16. The summed E-state index contributed by atoms with van der Waals surface area (Å²) in [6.45, 7) is -0.447. The molecule has 21 heavy (non-hydrogen) atoms. The molecule has 110 valence electrons. The number of hydrogen-bond acceptors (Lipinski definition) is 3. The first-order chi connectivity index (χ1) is 9.95. The van der Waals surface area contributed by atoms with Gasteiger partial charge in [0.05, 0.1) is 5.69 Å². The van der Waals surface area contributed by atoms with E-state index in [1.54, 1.807) is 18.2 Å². The summed E-state index contributed by atoms with van der Waals surface area (Å²) >= 11 is 3.25. The SMILES string of the molecule is Nc1ccc(NC(=O)COc2cc(F)ccc2F)c(Br)c1. The number of nitrogen functional groups attached to an aromatic ring is 1. The van der Waals surface area contributed by atoms with E-state index in [9.17, 15) is 13.6 Å². The summed E-state index contributed by atoms with van der Waals surface area (Å²) in [5, 5.41) is 2.56. The Hall–Kier alpha value is -2.15. The molecule has 0 radical (unpaired) electrons. The highest BCUT2D eigenvalue weighted by molar-refractivity contribution is 9.10. The number of benzene rings is 2. The van der Waals surface area contributed by atoms with Gasteiger partial charge in [0.25, 0.3) is 5.91 Å². The lowest BCUT2D eigenvalue weighted by atomic mass is 10.3. The monoisotopic (exact) mass is 356 g/mol. The van der Waals surface area contributed by atoms with Crippen LogP contribution in [0, 0.1) is 11.6 Å². The molecule has 2 aromatic carbocycles. The van der Waals surface area contributed by atoms with Crippen LogP contribution in [0.5, 0.6) is 5.75 Å². The van der Waals surface area contributed by atoms with Crippen LogP contribution in [-0.4, -0.2) is 12.5 Å². The Kier molecular flexibility index (Phi) is 4.74. The molecular formula is C14H11BrF2N2O2. The van der Waals surface area contributed by atoms with Crippen LogP contribution < -0.4 is 15.8 Å². The van der Waals surface area contributed by atoms with Crippen LogP contribution in [0.15, 0.2) is 40.9 Å². The van der Waals surface area contributed by atoms with Gasteiger partial charge in [-0.1, -0.05) is 0 Å². The minimum Gasteiger partial charge on any atom is -0.481 e. The van der Waals surface area contributed by atoms with Crippen molar-refractivity contribution in [3.05, 3.63) is 52.5 Å². The Morgan fingerprint density at radius 2 is 2.00 bits per heavy atom. The highest BCUT2D eigenvalue weighted by Crippen LogP contribution is 2.24. The first-order valence-corrected chi connectivity index (χ1v) is 6.68. The molecule has 3 N–H and O–H groups in total. The number of nitrogens with two attached hydrogens (primary N) is 1. The summed E-state index contributed by atoms with van der Waals surface area (Å²) in [5.74, 6) is -2.21. The summed E-state index contributed by atoms with van der Waals surface area (Å²) in [6, 6.07) is 7.63. The van der Waals surface area contributed by atoms with E-state index in [-0.39, 0.29) is 5.75 Å². The van der Waals surface area contributed by atoms with Crippen LogP contribution in [0.1, 0.15) is 0 Å². The fourth-order valence-electron chi connectivity index (χ4n) is 1.55. The number of ether oxygens (including phenoxy) is 1. The smallest absolute Gasteiger partial charge is 0.262 e. The molecule has 1 amide bonds. The van der Waals surface area contributed by atoms with Gasteiger partial charge >= 0.3 is 0 Å². The molecule has 0 aliphatic rings. The highest BCUT2D eigenvalue weighted by Gasteiger charge is 2.10. The van der Waals surface area contributed by atoms with Gasteiger partial charge in [0.15, 0.2) is 18.2 Å². The Morgan fingerprint density at radius 1 is 1.24 bits per heavy atom. The molecule has 0 spiro atoms. The van der Waals surface area contributed by atoms with Gasteiger partial charge in [-0.2, -0.15) is 0 Å². The second kappa shape index (κ2) is 6.53. The van der Waals surface area contributed by atoms with Crippen molar-refractivity contribution in [2.24, 2.45) is 0 Å². The topological polar surface area (TPSA) is 64.3 Å². The average molecular weight is 357 g/mol. The Morgan fingerprint density at radius 3 is 2.71 bits per heavy atom. The maximum Gasteiger partial charge on any atom is 0.262 e. The molecule has 0 fully saturated rings. The lowest BCUT2D eigenvalue weighted by Crippen LogP contribution is -2.20. The number of halogens is 3. The molecular weight excluding hydrogens is 346 g/mol. The van der Waals surface area contributed by atoms with Gasteiger partial charge in [-0.3, -0.25) is 4.79 Å². The Bertz CT molecular complexity index is 680. The van der Waals surface area contributed by atoms with E-state index in [0.717, 1.165) is 18.2 Å². The third-order valence-electron chi connectivity index (χ3n) is 2.52. The number of rotatable bonds is 4. The van der Waals surface area contributed by atoms with Crippen molar-refractivity contribution >= 4 is 33.2 Å². The molecule has 0 aromatic heterocycles. The van der Waals surface area contributed by atoms with Gasteiger partial charge in [-0.15, -0.1) is 0 Å². The van der Waals surface area contributed by atoms with E-state index >= 15 is 0 Å². The van der Waals surface area contributed by atoms with Gasteiger partial charge in [-0.05, 0) is 46.3 Å². The number of nitrogens with one attached hydrogen (secondary N) is 1. The fourth-order valence-corrected chi connectivity index (χ4v) is 2.05. The summed E-state index contributed by atoms with van der Waals surface area (Å²) < 4.78 is 31.8. The quantitative estimate of drug-likeness (QED) is 0.825. The van der Waals surface area contributed by atoms with Gasteiger partial charge < -0.3 is 15.8 Å². The van der Waals surface area contributed by atoms with Crippen molar-refractivity contribution in [1.29, 1.82) is 0 Å². The molecule has 0 heterocycles. The first-order valence-electron chi connectivity index (χ1n) is 5.88. The van der Waals surface area contributed by atoms with Crippen LogP contribution in [0.2, 0.25) is 0 Å². The summed E-state index contributed by atoms with van der Waals surface area (Å²) in [6.07, 6.45) is 0. The van der Waals surface area contributed by atoms with Gasteiger partial charge in [0.1, 0.15) is 5.82 Å². The second-order valence-electron chi connectivity index (χ2n) is 4.15. The Balaban J connectivity index is 1.97. The van der Waals surface area contributed by atoms with Gasteiger partial charge in [0, 0.05) is 16.2 Å². The van der Waals surface area contributed by atoms with Crippen LogP contribution >= 0.6 is 15.9 Å². The predicted molar refractivity (Wildman–Crippen MR) is 79.0 cm³/mol. The number of carbonyl (C=O) groups is 1. The number of hydrogen-bond donors (Lipinski definition) is 2. The zero-order chi connectivity index (χ0) is 15.4. The van der Waals surface area contributed by atoms with E-state index < -0.39 is 24.1 Å². The summed E-state index contributed by atoms with van der Waals surface area (Å²) in [4.78, 5) is 11.7. The third-order valence-corrected chi connectivity index (χ3v) is 3.18. The van der Waals surface area contributed by atoms with Gasteiger partial charge in [0.2, 0.25) is 0 Å². The number of amides is 1. The normalized spacial score (nSPS) is 10.2. The van der Waals surface area contributed by atoms with Gasteiger partial charge in [-0.25, -0.2) is 8.78 Å². The van der Waals surface area contributed by atoms with E-state index in [0.29, 0.717) is 15.8 Å². The second-order valence-corrected chi connectivity index (χ2v) is 5.01. The zero-order valence-corrected chi connectivity index (χ0v) is 12.3. The van der Waals surface area contributed by atoms with Crippen LogP contribution in [0.3, 0.4) is 0 Å². The van der Waals surface area contributed by atoms with E-state index in [4.69, 9.17) is 10.5 Å². The molecule has 2 aromatic rings. The fraction of sp³-hybridized carbons (Fsp3) is 0.0714.